The van der Waals surface area contributed by atoms with E-state index in [0.29, 0.717) is 0 Å². The molecule has 0 amide bonds. The Morgan fingerprint density at radius 2 is 1.84 bits per heavy atom. The first-order valence-corrected chi connectivity index (χ1v) is 7.75. The molecule has 1 aliphatic rings. The molecule has 0 unspecified atom stereocenters. The first-order chi connectivity index (χ1) is 9.40. The number of rotatable bonds is 7. The van der Waals surface area contributed by atoms with Gasteiger partial charge >= 0.3 is 0 Å². The van der Waals surface area contributed by atoms with Gasteiger partial charge in [-0.05, 0) is 36.4 Å². The second kappa shape index (κ2) is 8.34. The van der Waals surface area contributed by atoms with Crippen molar-refractivity contribution in [2.24, 2.45) is 5.92 Å². The lowest BCUT2D eigenvalue weighted by Crippen LogP contribution is -2.15. The van der Waals surface area contributed by atoms with Gasteiger partial charge in [-0.2, -0.15) is 0 Å². The van der Waals surface area contributed by atoms with E-state index in [-0.39, 0.29) is 0 Å². The van der Waals surface area contributed by atoms with Gasteiger partial charge in [0.05, 0.1) is 6.61 Å². The fourth-order valence-corrected chi connectivity index (χ4v) is 2.82. The van der Waals surface area contributed by atoms with E-state index in [9.17, 15) is 0 Å². The van der Waals surface area contributed by atoms with Crippen LogP contribution in [0.3, 0.4) is 0 Å². The van der Waals surface area contributed by atoms with Crippen molar-refractivity contribution < 1.29 is 4.74 Å². The lowest BCUT2D eigenvalue weighted by molar-refractivity contribution is 0.0735. The van der Waals surface area contributed by atoms with E-state index in [1.165, 1.54) is 43.2 Å². The van der Waals surface area contributed by atoms with Crippen LogP contribution >= 0.6 is 0 Å². The van der Waals surface area contributed by atoms with Crippen LogP contribution in [-0.4, -0.2) is 13.2 Å². The molecule has 0 saturated heterocycles. The van der Waals surface area contributed by atoms with Crippen molar-refractivity contribution in [2.45, 2.75) is 52.2 Å². The van der Waals surface area contributed by atoms with E-state index in [4.69, 9.17) is 4.74 Å². The van der Waals surface area contributed by atoms with E-state index in [1.807, 2.05) is 0 Å². The third-order valence-electron chi connectivity index (χ3n) is 4.02. The van der Waals surface area contributed by atoms with Crippen LogP contribution in [0.25, 0.3) is 0 Å². The molecule has 106 valence electrons. The Bertz CT molecular complexity index is 358. The van der Waals surface area contributed by atoms with Gasteiger partial charge in [-0.25, -0.2) is 0 Å². The van der Waals surface area contributed by atoms with Crippen molar-refractivity contribution in [1.82, 2.24) is 5.32 Å². The summed E-state index contributed by atoms with van der Waals surface area (Å²) in [6.07, 6.45) is 6.93. The lowest BCUT2D eigenvalue weighted by Gasteiger charge is -2.21. The molecular weight excluding hydrogens is 234 g/mol. The molecule has 0 spiro atoms. The molecule has 1 aromatic rings. The largest absolute Gasteiger partial charge is 0.376 e. The van der Waals surface area contributed by atoms with E-state index in [0.717, 1.165) is 32.2 Å². The fourth-order valence-electron chi connectivity index (χ4n) is 2.82. The molecule has 1 aromatic carbocycles. The SMILES string of the molecule is CCNCc1ccccc1COCC1CCCCC1. The molecule has 1 N–H and O–H groups in total. The minimum absolute atomic E-state index is 0.762. The molecule has 0 bridgehead atoms. The average Bonchev–Trinajstić information content (AvgIpc) is 2.47. The van der Waals surface area contributed by atoms with Crippen molar-refractivity contribution in [3.8, 4) is 0 Å². The number of benzene rings is 1. The summed E-state index contributed by atoms with van der Waals surface area (Å²) in [5, 5.41) is 3.39. The molecule has 0 atom stereocenters. The van der Waals surface area contributed by atoms with Gasteiger partial charge in [0.15, 0.2) is 0 Å². The average molecular weight is 261 g/mol. The Morgan fingerprint density at radius 3 is 2.58 bits per heavy atom. The smallest absolute Gasteiger partial charge is 0.0720 e. The van der Waals surface area contributed by atoms with Gasteiger partial charge in [-0.3, -0.25) is 0 Å². The van der Waals surface area contributed by atoms with Crippen molar-refractivity contribution >= 4 is 0 Å². The summed E-state index contributed by atoms with van der Waals surface area (Å²) in [4.78, 5) is 0. The maximum Gasteiger partial charge on any atom is 0.0720 e. The number of ether oxygens (including phenoxy) is 1. The molecule has 1 saturated carbocycles. The van der Waals surface area contributed by atoms with Crippen LogP contribution in [0.5, 0.6) is 0 Å². The van der Waals surface area contributed by atoms with Gasteiger partial charge in [0.25, 0.3) is 0 Å². The molecule has 2 rings (SSSR count). The van der Waals surface area contributed by atoms with E-state index < -0.39 is 0 Å². The van der Waals surface area contributed by atoms with Crippen LogP contribution < -0.4 is 5.32 Å². The van der Waals surface area contributed by atoms with E-state index in [2.05, 4.69) is 36.5 Å². The molecule has 0 aromatic heterocycles. The summed E-state index contributed by atoms with van der Waals surface area (Å²) >= 11 is 0. The third kappa shape index (κ3) is 4.96. The summed E-state index contributed by atoms with van der Waals surface area (Å²) in [6.45, 7) is 5.80. The molecule has 0 radical (unpaired) electrons. The number of nitrogens with one attached hydrogen (secondary N) is 1. The number of hydrogen-bond donors (Lipinski definition) is 1. The molecule has 1 fully saturated rings. The zero-order valence-electron chi connectivity index (χ0n) is 12.2. The zero-order chi connectivity index (χ0) is 13.3. The van der Waals surface area contributed by atoms with Gasteiger partial charge in [0.2, 0.25) is 0 Å². The predicted octanol–water partition coefficient (Wildman–Crippen LogP) is 3.89. The summed E-state index contributed by atoms with van der Waals surface area (Å²) in [5.74, 6) is 0.801. The van der Waals surface area contributed by atoms with Gasteiger partial charge in [0.1, 0.15) is 0 Å². The van der Waals surface area contributed by atoms with Crippen LogP contribution in [0, 0.1) is 5.92 Å². The Labute approximate surface area is 117 Å². The highest BCUT2D eigenvalue weighted by molar-refractivity contribution is 5.26. The second-order valence-electron chi connectivity index (χ2n) is 5.57. The summed E-state index contributed by atoms with van der Waals surface area (Å²) in [7, 11) is 0. The van der Waals surface area contributed by atoms with Crippen LogP contribution in [0.2, 0.25) is 0 Å². The normalized spacial score (nSPS) is 16.7. The van der Waals surface area contributed by atoms with Gasteiger partial charge in [0, 0.05) is 13.2 Å². The minimum atomic E-state index is 0.762. The van der Waals surface area contributed by atoms with Crippen molar-refractivity contribution in [3.05, 3.63) is 35.4 Å². The van der Waals surface area contributed by atoms with E-state index in [1.54, 1.807) is 0 Å². The highest BCUT2D eigenvalue weighted by atomic mass is 16.5. The monoisotopic (exact) mass is 261 g/mol. The number of hydrogen-bond acceptors (Lipinski definition) is 2. The van der Waals surface area contributed by atoms with Gasteiger partial charge in [-0.15, -0.1) is 0 Å². The Hall–Kier alpha value is -0.860. The molecule has 19 heavy (non-hydrogen) atoms. The van der Waals surface area contributed by atoms with Gasteiger partial charge in [-0.1, -0.05) is 50.5 Å². The maximum absolute atomic E-state index is 5.95. The Kier molecular flexibility index (Phi) is 6.38. The molecule has 0 heterocycles. The topological polar surface area (TPSA) is 21.3 Å². The zero-order valence-corrected chi connectivity index (χ0v) is 12.2. The van der Waals surface area contributed by atoms with Crippen molar-refractivity contribution in [1.29, 1.82) is 0 Å². The third-order valence-corrected chi connectivity index (χ3v) is 4.02. The van der Waals surface area contributed by atoms with Crippen LogP contribution in [-0.2, 0) is 17.9 Å². The molecular formula is C17H27NO. The van der Waals surface area contributed by atoms with E-state index >= 15 is 0 Å². The second-order valence-corrected chi connectivity index (χ2v) is 5.57. The summed E-state index contributed by atoms with van der Waals surface area (Å²) in [6, 6.07) is 8.60. The quantitative estimate of drug-likeness (QED) is 0.804. The first kappa shape index (κ1) is 14.5. The maximum atomic E-state index is 5.95. The minimum Gasteiger partial charge on any atom is -0.376 e. The van der Waals surface area contributed by atoms with Crippen molar-refractivity contribution in [3.63, 3.8) is 0 Å². The summed E-state index contributed by atoms with van der Waals surface area (Å²) in [5.41, 5.74) is 2.70. The highest BCUT2D eigenvalue weighted by Gasteiger charge is 2.13. The van der Waals surface area contributed by atoms with Crippen LogP contribution in [0.4, 0.5) is 0 Å². The summed E-state index contributed by atoms with van der Waals surface area (Å²) < 4.78 is 5.95. The van der Waals surface area contributed by atoms with Crippen LogP contribution in [0.1, 0.15) is 50.2 Å². The predicted molar refractivity (Wildman–Crippen MR) is 80.1 cm³/mol. The molecule has 2 nitrogen and oxygen atoms in total. The lowest BCUT2D eigenvalue weighted by atomic mass is 9.90. The standard InChI is InChI=1S/C17H27NO/c1-2-18-12-16-10-6-7-11-17(16)14-19-13-15-8-4-3-5-9-15/h6-7,10-11,15,18H,2-5,8-9,12-14H2,1H3. The highest BCUT2D eigenvalue weighted by Crippen LogP contribution is 2.24. The Balaban J connectivity index is 1.77. The Morgan fingerprint density at radius 1 is 1.11 bits per heavy atom. The fraction of sp³-hybridized carbons (Fsp3) is 0.647. The molecule has 0 aliphatic heterocycles. The first-order valence-electron chi connectivity index (χ1n) is 7.75. The van der Waals surface area contributed by atoms with Crippen LogP contribution in [0.15, 0.2) is 24.3 Å². The molecule has 2 heteroatoms. The molecule has 1 aliphatic carbocycles. The van der Waals surface area contributed by atoms with Crippen molar-refractivity contribution in [2.75, 3.05) is 13.2 Å². The van der Waals surface area contributed by atoms with Gasteiger partial charge < -0.3 is 10.1 Å².